The number of rotatable bonds is 4. The van der Waals surface area contributed by atoms with Crippen molar-refractivity contribution >= 4 is 40.9 Å². The van der Waals surface area contributed by atoms with Crippen molar-refractivity contribution in [2.45, 2.75) is 51.6 Å². The standard InChI is InChI=1S/C21H25BO3S2/c1-15-6-12-18(13-7-15)23-19(26)27-14-16-8-10-17(11-9-16)22-24-20(2,3)21(4,5)25-22/h6-13H,14H2,1-5H3. The minimum atomic E-state index is -0.331. The third-order valence-corrected chi connectivity index (χ3v) is 6.32. The van der Waals surface area contributed by atoms with Crippen LogP contribution in [-0.2, 0) is 15.1 Å². The summed E-state index contributed by atoms with van der Waals surface area (Å²) in [5.41, 5.74) is 2.75. The molecule has 1 saturated heterocycles. The molecule has 1 heterocycles. The molecule has 142 valence electrons. The minimum Gasteiger partial charge on any atom is -0.440 e. The second kappa shape index (κ2) is 7.96. The second-order valence-electron chi connectivity index (χ2n) is 7.78. The molecule has 2 aromatic carbocycles. The van der Waals surface area contributed by atoms with Gasteiger partial charge in [-0.2, -0.15) is 0 Å². The maximum absolute atomic E-state index is 6.09. The number of thiocarbonyl (C=S) groups is 1. The van der Waals surface area contributed by atoms with Crippen LogP contribution in [0.1, 0.15) is 38.8 Å². The van der Waals surface area contributed by atoms with Crippen molar-refractivity contribution in [3.63, 3.8) is 0 Å². The zero-order valence-electron chi connectivity index (χ0n) is 16.4. The van der Waals surface area contributed by atoms with E-state index in [1.54, 1.807) is 0 Å². The number of thioether (sulfide) groups is 1. The number of benzene rings is 2. The van der Waals surface area contributed by atoms with Gasteiger partial charge >= 0.3 is 7.12 Å². The van der Waals surface area contributed by atoms with Gasteiger partial charge < -0.3 is 14.0 Å². The van der Waals surface area contributed by atoms with E-state index in [0.29, 0.717) is 4.38 Å². The van der Waals surface area contributed by atoms with Gasteiger partial charge in [-0.15, -0.1) is 0 Å². The van der Waals surface area contributed by atoms with Crippen LogP contribution in [0.5, 0.6) is 5.75 Å². The number of ether oxygens (including phenoxy) is 1. The van der Waals surface area contributed by atoms with Gasteiger partial charge in [-0.25, -0.2) is 0 Å². The molecule has 0 saturated carbocycles. The Hall–Kier alpha value is -1.34. The molecule has 27 heavy (non-hydrogen) atoms. The van der Waals surface area contributed by atoms with E-state index >= 15 is 0 Å². The highest BCUT2D eigenvalue weighted by atomic mass is 32.2. The van der Waals surface area contributed by atoms with Crippen LogP contribution in [0, 0.1) is 6.92 Å². The quantitative estimate of drug-likeness (QED) is 0.538. The first kappa shape index (κ1) is 20.4. The van der Waals surface area contributed by atoms with Crippen LogP contribution in [-0.4, -0.2) is 22.7 Å². The molecule has 0 aliphatic carbocycles. The van der Waals surface area contributed by atoms with Gasteiger partial charge in [-0.05, 0) is 70.0 Å². The highest BCUT2D eigenvalue weighted by molar-refractivity contribution is 8.22. The van der Waals surface area contributed by atoms with Crippen LogP contribution in [0.3, 0.4) is 0 Å². The summed E-state index contributed by atoms with van der Waals surface area (Å²) in [5.74, 6) is 1.53. The minimum absolute atomic E-state index is 0.328. The van der Waals surface area contributed by atoms with E-state index in [1.165, 1.54) is 22.9 Å². The molecule has 1 fully saturated rings. The summed E-state index contributed by atoms with van der Waals surface area (Å²) >= 11 is 6.85. The van der Waals surface area contributed by atoms with Crippen molar-refractivity contribution in [1.82, 2.24) is 0 Å². The Morgan fingerprint density at radius 1 is 0.963 bits per heavy atom. The molecule has 0 spiro atoms. The summed E-state index contributed by atoms with van der Waals surface area (Å²) in [5, 5.41) is 0. The zero-order chi connectivity index (χ0) is 19.7. The average Bonchev–Trinajstić information content (AvgIpc) is 2.83. The predicted octanol–water partition coefficient (Wildman–Crippen LogP) is 4.89. The van der Waals surface area contributed by atoms with Gasteiger partial charge in [0.25, 0.3) is 0 Å². The van der Waals surface area contributed by atoms with Crippen LogP contribution in [0.2, 0.25) is 0 Å². The largest absolute Gasteiger partial charge is 0.494 e. The summed E-state index contributed by atoms with van der Waals surface area (Å²) in [6, 6.07) is 16.2. The molecule has 0 unspecified atom stereocenters. The lowest BCUT2D eigenvalue weighted by Gasteiger charge is -2.32. The smallest absolute Gasteiger partial charge is 0.440 e. The molecule has 0 N–H and O–H groups in total. The fourth-order valence-corrected chi connectivity index (χ4v) is 3.53. The molecule has 0 amide bonds. The second-order valence-corrected chi connectivity index (χ2v) is 9.36. The van der Waals surface area contributed by atoms with E-state index in [-0.39, 0.29) is 18.3 Å². The summed E-state index contributed by atoms with van der Waals surface area (Å²) in [6.45, 7) is 10.3. The Labute approximate surface area is 171 Å². The highest BCUT2D eigenvalue weighted by Gasteiger charge is 2.51. The van der Waals surface area contributed by atoms with Crippen molar-refractivity contribution in [3.05, 3.63) is 59.7 Å². The molecule has 0 radical (unpaired) electrons. The van der Waals surface area contributed by atoms with Crippen LogP contribution in [0.4, 0.5) is 0 Å². The molecule has 6 heteroatoms. The molecule has 2 aromatic rings. The fourth-order valence-electron chi connectivity index (χ4n) is 2.62. The topological polar surface area (TPSA) is 27.7 Å². The maximum Gasteiger partial charge on any atom is 0.494 e. The molecule has 0 aromatic heterocycles. The Morgan fingerprint density at radius 2 is 1.52 bits per heavy atom. The van der Waals surface area contributed by atoms with Gasteiger partial charge in [0.1, 0.15) is 5.75 Å². The summed E-state index contributed by atoms with van der Waals surface area (Å²) in [4.78, 5) is 0. The van der Waals surface area contributed by atoms with E-state index in [4.69, 9.17) is 26.3 Å². The summed E-state index contributed by atoms with van der Waals surface area (Å²) in [7, 11) is -0.331. The molecular weight excluding hydrogens is 375 g/mol. The third kappa shape index (κ3) is 4.94. The zero-order valence-corrected chi connectivity index (χ0v) is 18.1. The van der Waals surface area contributed by atoms with E-state index in [0.717, 1.165) is 17.0 Å². The Morgan fingerprint density at radius 3 is 2.07 bits per heavy atom. The van der Waals surface area contributed by atoms with Gasteiger partial charge in [0, 0.05) is 5.75 Å². The Bertz CT molecular complexity index is 785. The lowest BCUT2D eigenvalue weighted by molar-refractivity contribution is 0.00578. The number of aryl methyl sites for hydroxylation is 1. The summed E-state index contributed by atoms with van der Waals surface area (Å²) < 4.78 is 18.4. The van der Waals surface area contributed by atoms with Gasteiger partial charge in [0.05, 0.1) is 11.2 Å². The first-order valence-corrected chi connectivity index (χ1v) is 10.4. The highest BCUT2D eigenvalue weighted by Crippen LogP contribution is 2.36. The molecule has 1 aliphatic rings. The van der Waals surface area contributed by atoms with E-state index in [9.17, 15) is 0 Å². The maximum atomic E-state index is 6.09. The summed E-state index contributed by atoms with van der Waals surface area (Å²) in [6.07, 6.45) is 0. The van der Waals surface area contributed by atoms with Crippen LogP contribution in [0.25, 0.3) is 0 Å². The normalized spacial score (nSPS) is 17.7. The molecular formula is C21H25BO3S2. The molecule has 0 bridgehead atoms. The number of hydrogen-bond acceptors (Lipinski definition) is 5. The monoisotopic (exact) mass is 400 g/mol. The van der Waals surface area contributed by atoms with Crippen molar-refractivity contribution in [2.75, 3.05) is 0 Å². The average molecular weight is 400 g/mol. The first-order valence-electron chi connectivity index (χ1n) is 9.02. The van der Waals surface area contributed by atoms with E-state index in [2.05, 4.69) is 52.0 Å². The van der Waals surface area contributed by atoms with Gasteiger partial charge in [-0.1, -0.05) is 53.7 Å². The predicted molar refractivity (Wildman–Crippen MR) is 118 cm³/mol. The van der Waals surface area contributed by atoms with Crippen LogP contribution >= 0.6 is 24.0 Å². The van der Waals surface area contributed by atoms with Crippen molar-refractivity contribution in [1.29, 1.82) is 0 Å². The SMILES string of the molecule is Cc1ccc(OC(=S)SCc2ccc(B3OC(C)(C)C(C)(C)O3)cc2)cc1. The van der Waals surface area contributed by atoms with Gasteiger partial charge in [0.2, 0.25) is 4.38 Å². The van der Waals surface area contributed by atoms with Crippen LogP contribution in [0.15, 0.2) is 48.5 Å². The van der Waals surface area contributed by atoms with Gasteiger partial charge in [0.15, 0.2) is 0 Å². The molecule has 3 nitrogen and oxygen atoms in total. The van der Waals surface area contributed by atoms with Crippen LogP contribution < -0.4 is 10.2 Å². The van der Waals surface area contributed by atoms with Gasteiger partial charge in [-0.3, -0.25) is 0 Å². The molecule has 1 aliphatic heterocycles. The van der Waals surface area contributed by atoms with Crippen molar-refractivity contribution in [2.24, 2.45) is 0 Å². The fraction of sp³-hybridized carbons (Fsp3) is 0.381. The Kier molecular flexibility index (Phi) is 6.01. The number of hydrogen-bond donors (Lipinski definition) is 0. The Balaban J connectivity index is 1.54. The van der Waals surface area contributed by atoms with Crippen molar-refractivity contribution < 1.29 is 14.0 Å². The lowest BCUT2D eigenvalue weighted by atomic mass is 9.79. The van der Waals surface area contributed by atoms with E-state index in [1.807, 2.05) is 31.2 Å². The molecule has 3 rings (SSSR count). The van der Waals surface area contributed by atoms with Crippen molar-refractivity contribution in [3.8, 4) is 5.75 Å². The lowest BCUT2D eigenvalue weighted by Crippen LogP contribution is -2.41. The third-order valence-electron chi connectivity index (χ3n) is 5.08. The first-order chi connectivity index (χ1) is 12.7. The molecule has 0 atom stereocenters. The van der Waals surface area contributed by atoms with E-state index < -0.39 is 0 Å².